The molecular formula is C15H22ClN3O2. The fourth-order valence-electron chi connectivity index (χ4n) is 2.93. The lowest BCUT2D eigenvalue weighted by Gasteiger charge is -2.35. The van der Waals surface area contributed by atoms with Crippen LogP contribution in [0.5, 0.6) is 0 Å². The van der Waals surface area contributed by atoms with Gasteiger partial charge >= 0.3 is 0 Å². The smallest absolute Gasteiger partial charge is 0.293 e. The first-order valence-corrected chi connectivity index (χ1v) is 7.82. The molecule has 1 N–H and O–H groups in total. The molecule has 1 aliphatic rings. The van der Waals surface area contributed by atoms with Gasteiger partial charge in [-0.05, 0) is 50.9 Å². The van der Waals surface area contributed by atoms with E-state index in [1.54, 1.807) is 12.1 Å². The van der Waals surface area contributed by atoms with Crippen LogP contribution in [0.15, 0.2) is 18.2 Å². The molecule has 2 atom stereocenters. The second-order valence-corrected chi connectivity index (χ2v) is 6.08. The number of hydrogen-bond donors (Lipinski definition) is 1. The number of halogens is 1. The Labute approximate surface area is 130 Å². The summed E-state index contributed by atoms with van der Waals surface area (Å²) in [6, 6.07) is 4.97. The third-order valence-electron chi connectivity index (χ3n) is 4.24. The van der Waals surface area contributed by atoms with Crippen LogP contribution < -0.4 is 5.32 Å². The van der Waals surface area contributed by atoms with Crippen LogP contribution in [0.3, 0.4) is 0 Å². The lowest BCUT2D eigenvalue weighted by molar-refractivity contribution is -0.384. The summed E-state index contributed by atoms with van der Waals surface area (Å²) in [6.45, 7) is 7.53. The maximum atomic E-state index is 11.1. The molecule has 0 radical (unpaired) electrons. The maximum Gasteiger partial charge on any atom is 0.293 e. The molecule has 0 aliphatic carbocycles. The van der Waals surface area contributed by atoms with E-state index in [1.807, 2.05) is 0 Å². The summed E-state index contributed by atoms with van der Waals surface area (Å²) < 4.78 is 0. The van der Waals surface area contributed by atoms with Crippen molar-refractivity contribution in [2.75, 3.05) is 25.0 Å². The average Bonchev–Trinajstić information content (AvgIpc) is 2.48. The standard InChI is InChI=1S/C15H22ClN3O2/c1-3-18-8-4-5-12(10-18)11(2)17-14-7-6-13(16)9-15(14)19(20)21/h6-7,9,11-12,17H,3-5,8,10H2,1-2H3. The van der Waals surface area contributed by atoms with Crippen LogP contribution in [0.25, 0.3) is 0 Å². The van der Waals surface area contributed by atoms with Gasteiger partial charge in [0, 0.05) is 23.7 Å². The lowest BCUT2D eigenvalue weighted by atomic mass is 9.91. The van der Waals surface area contributed by atoms with Gasteiger partial charge in [0.15, 0.2) is 0 Å². The number of anilines is 1. The van der Waals surface area contributed by atoms with Gasteiger partial charge in [0.05, 0.1) is 4.92 Å². The molecule has 1 fully saturated rings. The second kappa shape index (κ2) is 7.09. The van der Waals surface area contributed by atoms with Crippen molar-refractivity contribution in [1.29, 1.82) is 0 Å². The highest BCUT2D eigenvalue weighted by molar-refractivity contribution is 6.30. The normalized spacial score (nSPS) is 21.0. The molecule has 6 heteroatoms. The van der Waals surface area contributed by atoms with Crippen LogP contribution in [-0.4, -0.2) is 35.5 Å². The minimum absolute atomic E-state index is 0.0394. The van der Waals surface area contributed by atoms with Crippen molar-refractivity contribution in [3.8, 4) is 0 Å². The molecule has 2 rings (SSSR count). The van der Waals surface area contributed by atoms with Crippen molar-refractivity contribution < 1.29 is 4.92 Å². The van der Waals surface area contributed by atoms with Crippen molar-refractivity contribution in [3.05, 3.63) is 33.3 Å². The van der Waals surface area contributed by atoms with Gasteiger partial charge in [0.1, 0.15) is 5.69 Å². The van der Waals surface area contributed by atoms with Crippen molar-refractivity contribution in [2.45, 2.75) is 32.7 Å². The molecule has 1 aromatic carbocycles. The van der Waals surface area contributed by atoms with Crippen molar-refractivity contribution in [3.63, 3.8) is 0 Å². The molecule has 1 heterocycles. The highest BCUT2D eigenvalue weighted by Crippen LogP contribution is 2.30. The third-order valence-corrected chi connectivity index (χ3v) is 4.47. The van der Waals surface area contributed by atoms with Gasteiger partial charge < -0.3 is 10.2 Å². The third kappa shape index (κ3) is 4.08. The topological polar surface area (TPSA) is 58.4 Å². The van der Waals surface area contributed by atoms with Crippen LogP contribution >= 0.6 is 11.6 Å². The quantitative estimate of drug-likeness (QED) is 0.664. The number of likely N-dealkylation sites (tertiary alicyclic amines) is 1. The van der Waals surface area contributed by atoms with Gasteiger partial charge in [-0.1, -0.05) is 18.5 Å². The SMILES string of the molecule is CCN1CCCC(C(C)Nc2ccc(Cl)cc2[N+](=O)[O-])C1. The zero-order valence-corrected chi connectivity index (χ0v) is 13.3. The van der Waals surface area contributed by atoms with Crippen LogP contribution in [-0.2, 0) is 0 Å². The summed E-state index contributed by atoms with van der Waals surface area (Å²) in [4.78, 5) is 13.2. The Morgan fingerprint density at radius 2 is 2.33 bits per heavy atom. The van der Waals surface area contributed by atoms with Gasteiger partial charge in [-0.25, -0.2) is 0 Å². The highest BCUT2D eigenvalue weighted by atomic mass is 35.5. The number of piperidine rings is 1. The van der Waals surface area contributed by atoms with Gasteiger partial charge in [-0.15, -0.1) is 0 Å². The Morgan fingerprint density at radius 1 is 1.57 bits per heavy atom. The molecule has 0 aromatic heterocycles. The first-order valence-electron chi connectivity index (χ1n) is 7.44. The second-order valence-electron chi connectivity index (χ2n) is 5.65. The number of nitro groups is 1. The van der Waals surface area contributed by atoms with Crippen molar-refractivity contribution in [1.82, 2.24) is 4.90 Å². The largest absolute Gasteiger partial charge is 0.377 e. The number of hydrogen-bond acceptors (Lipinski definition) is 4. The van der Waals surface area contributed by atoms with E-state index in [0.29, 0.717) is 16.6 Å². The molecule has 116 valence electrons. The van der Waals surface area contributed by atoms with E-state index in [4.69, 9.17) is 11.6 Å². The number of benzene rings is 1. The van der Waals surface area contributed by atoms with E-state index >= 15 is 0 Å². The summed E-state index contributed by atoms with van der Waals surface area (Å²) in [7, 11) is 0. The van der Waals surface area contributed by atoms with E-state index in [0.717, 1.165) is 26.1 Å². The summed E-state index contributed by atoms with van der Waals surface area (Å²) in [6.07, 6.45) is 2.35. The Balaban J connectivity index is 2.08. The van der Waals surface area contributed by atoms with E-state index in [1.165, 1.54) is 12.5 Å². The number of nitrogens with zero attached hydrogens (tertiary/aromatic N) is 2. The highest BCUT2D eigenvalue weighted by Gasteiger charge is 2.25. The summed E-state index contributed by atoms with van der Waals surface area (Å²) in [5.74, 6) is 0.508. The van der Waals surface area contributed by atoms with E-state index in [2.05, 4.69) is 24.1 Å². The Hall–Kier alpha value is -1.33. The van der Waals surface area contributed by atoms with Crippen molar-refractivity contribution in [2.24, 2.45) is 5.92 Å². The molecule has 1 saturated heterocycles. The molecule has 0 spiro atoms. The summed E-state index contributed by atoms with van der Waals surface area (Å²) in [5.41, 5.74) is 0.586. The molecule has 0 amide bonds. The Bertz CT molecular complexity index is 510. The molecule has 0 bridgehead atoms. The van der Waals surface area contributed by atoms with Gasteiger partial charge in [0.25, 0.3) is 5.69 Å². The summed E-state index contributed by atoms with van der Waals surface area (Å²) >= 11 is 5.85. The van der Waals surface area contributed by atoms with Crippen LogP contribution in [0.1, 0.15) is 26.7 Å². The fourth-order valence-corrected chi connectivity index (χ4v) is 3.09. The predicted molar refractivity (Wildman–Crippen MR) is 86.0 cm³/mol. The summed E-state index contributed by atoms with van der Waals surface area (Å²) in [5, 5.41) is 14.8. The van der Waals surface area contributed by atoms with E-state index in [-0.39, 0.29) is 16.7 Å². The van der Waals surface area contributed by atoms with Crippen LogP contribution in [0.4, 0.5) is 11.4 Å². The zero-order chi connectivity index (χ0) is 15.4. The first-order chi connectivity index (χ1) is 10.0. The van der Waals surface area contributed by atoms with Crippen LogP contribution in [0.2, 0.25) is 5.02 Å². The van der Waals surface area contributed by atoms with Crippen molar-refractivity contribution >= 4 is 23.0 Å². The average molecular weight is 312 g/mol. The maximum absolute atomic E-state index is 11.1. The first kappa shape index (κ1) is 16.0. The lowest BCUT2D eigenvalue weighted by Crippen LogP contribution is -2.41. The monoisotopic (exact) mass is 311 g/mol. The fraction of sp³-hybridized carbons (Fsp3) is 0.600. The predicted octanol–water partition coefficient (Wildman–Crippen LogP) is 3.78. The van der Waals surface area contributed by atoms with Gasteiger partial charge in [0.2, 0.25) is 0 Å². The van der Waals surface area contributed by atoms with Gasteiger partial charge in [-0.3, -0.25) is 10.1 Å². The minimum atomic E-state index is -0.389. The molecule has 2 unspecified atom stereocenters. The Kier molecular flexibility index (Phi) is 5.42. The van der Waals surface area contributed by atoms with E-state index in [9.17, 15) is 10.1 Å². The molecule has 1 aliphatic heterocycles. The zero-order valence-electron chi connectivity index (χ0n) is 12.5. The Morgan fingerprint density at radius 3 is 3.00 bits per heavy atom. The number of nitrogens with one attached hydrogen (secondary N) is 1. The minimum Gasteiger partial charge on any atom is -0.377 e. The molecular weight excluding hydrogens is 290 g/mol. The van der Waals surface area contributed by atoms with Crippen LogP contribution in [0, 0.1) is 16.0 Å². The number of rotatable bonds is 5. The molecule has 5 nitrogen and oxygen atoms in total. The molecule has 21 heavy (non-hydrogen) atoms. The van der Waals surface area contributed by atoms with E-state index < -0.39 is 0 Å². The van der Waals surface area contributed by atoms with Gasteiger partial charge in [-0.2, -0.15) is 0 Å². The molecule has 1 aromatic rings. The number of nitro benzene ring substituents is 1. The molecule has 0 saturated carbocycles.